The lowest BCUT2D eigenvalue weighted by atomic mass is 9.92. The van der Waals surface area contributed by atoms with Crippen LogP contribution in [0.1, 0.15) is 103 Å². The molecule has 2 unspecified atom stereocenters. The summed E-state index contributed by atoms with van der Waals surface area (Å²) in [5, 5.41) is 15.2. The van der Waals surface area contributed by atoms with Gasteiger partial charge >= 0.3 is 6.09 Å². The van der Waals surface area contributed by atoms with Crippen LogP contribution in [0.3, 0.4) is 0 Å². The zero-order valence-electron chi connectivity index (χ0n) is 28.5. The molecule has 2 aliphatic rings. The molecule has 46 heavy (non-hydrogen) atoms. The van der Waals surface area contributed by atoms with Crippen LogP contribution in [0.25, 0.3) is 10.9 Å². The van der Waals surface area contributed by atoms with Crippen molar-refractivity contribution < 1.29 is 23.1 Å². The number of hydrogen-bond acceptors (Lipinski definition) is 8. The normalized spacial score (nSPS) is 20.7. The van der Waals surface area contributed by atoms with Crippen molar-refractivity contribution in [3.63, 3.8) is 0 Å². The molecular formula is C33H49BrClN5O5Si. The van der Waals surface area contributed by atoms with E-state index in [1.165, 1.54) is 0 Å². The van der Waals surface area contributed by atoms with Crippen LogP contribution in [-0.2, 0) is 26.7 Å². The average Bonchev–Trinajstić information content (AvgIpc) is 3.62. The second-order valence-electron chi connectivity index (χ2n) is 15.2. The minimum absolute atomic E-state index is 0.000583. The van der Waals surface area contributed by atoms with Crippen molar-refractivity contribution in [3.8, 4) is 0 Å². The van der Waals surface area contributed by atoms with Gasteiger partial charge in [-0.2, -0.15) is 5.10 Å². The molecule has 4 heterocycles. The van der Waals surface area contributed by atoms with E-state index >= 15 is 0 Å². The molecule has 1 amide bonds. The highest BCUT2D eigenvalue weighted by molar-refractivity contribution is 9.10. The summed E-state index contributed by atoms with van der Waals surface area (Å²) >= 11 is 10.7. The maximum atomic E-state index is 13.0. The van der Waals surface area contributed by atoms with Gasteiger partial charge in [-0.15, -0.1) is 10.2 Å². The number of carbonyl (C=O) groups is 1. The number of fused-ring (bicyclic) bond motifs is 1. The molecule has 3 atom stereocenters. The summed E-state index contributed by atoms with van der Waals surface area (Å²) in [6.07, 6.45) is 7.06. The van der Waals surface area contributed by atoms with E-state index in [4.69, 9.17) is 29.9 Å². The van der Waals surface area contributed by atoms with Crippen LogP contribution in [0.2, 0.25) is 23.2 Å². The number of likely N-dealkylation sites (tertiary alicyclic amines) is 1. The van der Waals surface area contributed by atoms with Gasteiger partial charge in [-0.3, -0.25) is 0 Å². The average molecular weight is 739 g/mol. The Bertz CT molecular complexity index is 1520. The van der Waals surface area contributed by atoms with Gasteiger partial charge in [0, 0.05) is 46.9 Å². The van der Waals surface area contributed by atoms with E-state index in [1.54, 1.807) is 4.90 Å². The standard InChI is InChI=1S/C33H49BrClN5O5Si/c1-32(2,3)44-31(41)39-16-11-12-21(20-39)29(45-46(7,8)33(4,5)6)30-38-37-26(43-30)15-14-22-24(35)18-25-23(28(22)34)19-36-40(25)27-13-9-10-17-42-27/h18-19,21,27,29H,9-17,20H2,1-8H3/t21-,27?,29?/m1/s1. The maximum absolute atomic E-state index is 13.0. The SMILES string of the molecule is CC(C)(C)OC(=O)N1CCC[C@@H](C(O[Si](C)(C)C(C)(C)C)c2nnc(CCc3c(Cl)cc4c(cnn4C4CCCCO4)c3Br)o2)C1. The first kappa shape index (κ1) is 35.3. The Hall–Kier alpha value is -1.99. The Morgan fingerprint density at radius 2 is 1.89 bits per heavy atom. The van der Waals surface area contributed by atoms with Crippen molar-refractivity contribution in [2.75, 3.05) is 19.7 Å². The Morgan fingerprint density at radius 1 is 1.13 bits per heavy atom. The topological polar surface area (TPSA) is 105 Å². The fraction of sp³-hybridized carbons (Fsp3) is 0.697. The van der Waals surface area contributed by atoms with Crippen molar-refractivity contribution in [1.82, 2.24) is 24.9 Å². The molecular weight excluding hydrogens is 690 g/mol. The van der Waals surface area contributed by atoms with E-state index in [0.717, 1.165) is 59.7 Å². The van der Waals surface area contributed by atoms with Gasteiger partial charge in [-0.25, -0.2) is 9.48 Å². The summed E-state index contributed by atoms with van der Waals surface area (Å²) in [6, 6.07) is 1.98. The van der Waals surface area contributed by atoms with Crippen molar-refractivity contribution in [2.24, 2.45) is 5.92 Å². The summed E-state index contributed by atoms with van der Waals surface area (Å²) in [7, 11) is -2.24. The summed E-state index contributed by atoms with van der Waals surface area (Å²) in [4.78, 5) is 14.8. The molecule has 1 aromatic carbocycles. The van der Waals surface area contributed by atoms with Crippen molar-refractivity contribution in [1.29, 1.82) is 0 Å². The molecule has 0 spiro atoms. The number of ether oxygens (including phenoxy) is 2. The van der Waals surface area contributed by atoms with Crippen LogP contribution in [0, 0.1) is 5.92 Å². The molecule has 2 aliphatic heterocycles. The quantitative estimate of drug-likeness (QED) is 0.211. The highest BCUT2D eigenvalue weighted by Gasteiger charge is 2.44. The fourth-order valence-corrected chi connectivity index (χ4v) is 8.25. The van der Waals surface area contributed by atoms with Crippen LogP contribution in [-0.4, -0.2) is 64.6 Å². The van der Waals surface area contributed by atoms with Crippen LogP contribution in [0.15, 0.2) is 21.2 Å². The van der Waals surface area contributed by atoms with Gasteiger partial charge in [0.05, 0.1) is 11.7 Å². The number of piperidine rings is 1. The Morgan fingerprint density at radius 3 is 2.57 bits per heavy atom. The predicted molar refractivity (Wildman–Crippen MR) is 185 cm³/mol. The Labute approximate surface area is 287 Å². The largest absolute Gasteiger partial charge is 0.444 e. The smallest absolute Gasteiger partial charge is 0.410 e. The number of carbonyl (C=O) groups excluding carboxylic acids is 1. The van der Waals surface area contributed by atoms with Crippen LogP contribution >= 0.6 is 27.5 Å². The van der Waals surface area contributed by atoms with E-state index in [0.29, 0.717) is 42.7 Å². The Balaban J connectivity index is 1.35. The van der Waals surface area contributed by atoms with Gasteiger partial charge in [0.2, 0.25) is 11.8 Å². The lowest BCUT2D eigenvalue weighted by Crippen LogP contribution is -2.47. The van der Waals surface area contributed by atoms with Gasteiger partial charge in [-0.05, 0) is 105 Å². The third-order valence-corrected chi connectivity index (χ3v) is 15.1. The molecule has 2 saturated heterocycles. The molecule has 2 fully saturated rings. The third kappa shape index (κ3) is 7.99. The van der Waals surface area contributed by atoms with E-state index in [9.17, 15) is 4.79 Å². The number of benzene rings is 1. The van der Waals surface area contributed by atoms with Gasteiger partial charge in [0.1, 0.15) is 11.7 Å². The van der Waals surface area contributed by atoms with E-state index < -0.39 is 20.0 Å². The van der Waals surface area contributed by atoms with Crippen molar-refractivity contribution in [3.05, 3.63) is 39.1 Å². The fourth-order valence-electron chi connectivity index (χ4n) is 5.84. The van der Waals surface area contributed by atoms with E-state index in [1.807, 2.05) is 37.7 Å². The first-order valence-electron chi connectivity index (χ1n) is 16.5. The summed E-state index contributed by atoms with van der Waals surface area (Å²) in [5.41, 5.74) is 1.35. The van der Waals surface area contributed by atoms with Gasteiger partial charge in [0.25, 0.3) is 0 Å². The molecule has 0 N–H and O–H groups in total. The Kier molecular flexibility index (Phi) is 10.6. The molecule has 0 bridgehead atoms. The van der Waals surface area contributed by atoms with Gasteiger partial charge in [0.15, 0.2) is 14.5 Å². The molecule has 5 rings (SSSR count). The van der Waals surface area contributed by atoms with Crippen LogP contribution < -0.4 is 0 Å². The van der Waals surface area contributed by atoms with Crippen LogP contribution in [0.5, 0.6) is 0 Å². The monoisotopic (exact) mass is 737 g/mol. The number of amides is 1. The van der Waals surface area contributed by atoms with Crippen molar-refractivity contribution >= 4 is 52.8 Å². The number of rotatable bonds is 8. The highest BCUT2D eigenvalue weighted by atomic mass is 79.9. The lowest BCUT2D eigenvalue weighted by molar-refractivity contribution is -0.0366. The summed E-state index contributed by atoms with van der Waals surface area (Å²) < 4.78 is 27.9. The highest BCUT2D eigenvalue weighted by Crippen LogP contribution is 2.43. The second-order valence-corrected chi connectivity index (χ2v) is 21.1. The molecule has 2 aromatic heterocycles. The minimum atomic E-state index is -2.24. The maximum Gasteiger partial charge on any atom is 0.410 e. The zero-order chi connectivity index (χ0) is 33.4. The number of nitrogens with zero attached hydrogens (tertiary/aromatic N) is 5. The number of aryl methyl sites for hydroxylation is 1. The number of hydrogen-bond donors (Lipinski definition) is 0. The molecule has 0 radical (unpaired) electrons. The number of halogens is 2. The summed E-state index contributed by atoms with van der Waals surface area (Å²) in [6.45, 7) is 18.7. The van der Waals surface area contributed by atoms with Crippen LogP contribution in [0.4, 0.5) is 4.79 Å². The first-order chi connectivity index (χ1) is 21.5. The summed E-state index contributed by atoms with van der Waals surface area (Å²) in [5.74, 6) is 0.984. The molecule has 254 valence electrons. The first-order valence-corrected chi connectivity index (χ1v) is 20.6. The predicted octanol–water partition coefficient (Wildman–Crippen LogP) is 9.03. The molecule has 0 saturated carbocycles. The minimum Gasteiger partial charge on any atom is -0.444 e. The molecule has 3 aromatic rings. The van der Waals surface area contributed by atoms with Crippen molar-refractivity contribution in [2.45, 2.75) is 123 Å². The lowest BCUT2D eigenvalue weighted by Gasteiger charge is -2.42. The zero-order valence-corrected chi connectivity index (χ0v) is 31.8. The van der Waals surface area contributed by atoms with Gasteiger partial charge in [-0.1, -0.05) is 32.4 Å². The molecule has 0 aliphatic carbocycles. The van der Waals surface area contributed by atoms with E-state index in [2.05, 4.69) is 65.1 Å². The third-order valence-electron chi connectivity index (χ3n) is 9.40. The molecule has 13 heteroatoms. The van der Waals surface area contributed by atoms with E-state index in [-0.39, 0.29) is 23.3 Å². The number of aromatic nitrogens is 4. The second kappa shape index (κ2) is 13.9. The molecule has 10 nitrogen and oxygen atoms in total. The van der Waals surface area contributed by atoms with Gasteiger partial charge < -0.3 is 23.2 Å².